The molecule has 0 saturated heterocycles. The maximum atomic E-state index is 12.0. The van der Waals surface area contributed by atoms with E-state index in [1.807, 2.05) is 18.2 Å². The van der Waals surface area contributed by atoms with Crippen LogP contribution in [0.15, 0.2) is 35.4 Å². The third-order valence-corrected chi connectivity index (χ3v) is 3.26. The number of hydrogen-bond donors (Lipinski definition) is 3. The molecule has 1 aromatic carbocycles. The third-order valence-electron chi connectivity index (χ3n) is 3.26. The van der Waals surface area contributed by atoms with Gasteiger partial charge in [-0.2, -0.15) is 0 Å². The smallest absolute Gasteiger partial charge is 0.275 e. The van der Waals surface area contributed by atoms with Gasteiger partial charge in [0.1, 0.15) is 5.69 Å². The van der Waals surface area contributed by atoms with Crippen LogP contribution in [0.25, 0.3) is 0 Å². The molecule has 0 aliphatic carbocycles. The predicted octanol–water partition coefficient (Wildman–Crippen LogP) is 0.668. The Balaban J connectivity index is 1.79. The molecule has 3 N–H and O–H groups in total. The van der Waals surface area contributed by atoms with Gasteiger partial charge >= 0.3 is 0 Å². The lowest BCUT2D eigenvalue weighted by molar-refractivity contribution is 0.102. The van der Waals surface area contributed by atoms with Gasteiger partial charge in [0.15, 0.2) is 0 Å². The van der Waals surface area contributed by atoms with E-state index in [-0.39, 0.29) is 17.2 Å². The summed E-state index contributed by atoms with van der Waals surface area (Å²) in [6.45, 7) is 1.80. The quantitative estimate of drug-likeness (QED) is 0.748. The van der Waals surface area contributed by atoms with Crippen molar-refractivity contribution in [2.45, 2.75) is 13.0 Å². The molecule has 0 saturated carbocycles. The van der Waals surface area contributed by atoms with Crippen LogP contribution in [-0.2, 0) is 13.0 Å². The highest BCUT2D eigenvalue weighted by Gasteiger charge is 2.11. The first-order chi connectivity index (χ1) is 9.72. The van der Waals surface area contributed by atoms with Crippen molar-refractivity contribution in [3.8, 4) is 0 Å². The summed E-state index contributed by atoms with van der Waals surface area (Å²) in [5.74, 6) is -0.343. The standard InChI is InChI=1S/C14H14N4O2/c19-13-8-16-12(7-17-13)14(20)18-11-2-1-9-3-4-15-6-10(9)5-11/h1-2,5,7-8,15H,3-4,6H2,(H,17,19)(H,18,20). The molecule has 3 rings (SSSR count). The molecule has 6 heteroatoms. The lowest BCUT2D eigenvalue weighted by Crippen LogP contribution is -2.24. The third kappa shape index (κ3) is 2.60. The van der Waals surface area contributed by atoms with Crippen molar-refractivity contribution in [3.05, 3.63) is 57.8 Å². The van der Waals surface area contributed by atoms with Gasteiger partial charge in [-0.3, -0.25) is 9.59 Å². The average Bonchev–Trinajstić information content (AvgIpc) is 2.48. The Morgan fingerprint density at radius 1 is 1.30 bits per heavy atom. The molecule has 2 heterocycles. The van der Waals surface area contributed by atoms with Crippen LogP contribution in [0.2, 0.25) is 0 Å². The Morgan fingerprint density at radius 3 is 3.00 bits per heavy atom. The van der Waals surface area contributed by atoms with Crippen molar-refractivity contribution >= 4 is 11.6 Å². The Morgan fingerprint density at radius 2 is 2.20 bits per heavy atom. The second kappa shape index (κ2) is 5.26. The first-order valence-corrected chi connectivity index (χ1v) is 6.41. The summed E-state index contributed by atoms with van der Waals surface area (Å²) in [7, 11) is 0. The highest BCUT2D eigenvalue weighted by molar-refractivity contribution is 6.02. The lowest BCUT2D eigenvalue weighted by atomic mass is 10.0. The summed E-state index contributed by atoms with van der Waals surface area (Å²) in [5.41, 5.74) is 3.08. The van der Waals surface area contributed by atoms with E-state index >= 15 is 0 Å². The molecule has 0 fully saturated rings. The molecule has 1 aliphatic rings. The molecule has 6 nitrogen and oxygen atoms in total. The highest BCUT2D eigenvalue weighted by Crippen LogP contribution is 2.19. The zero-order valence-electron chi connectivity index (χ0n) is 10.8. The molecule has 1 aliphatic heterocycles. The number of aromatic amines is 1. The number of amides is 1. The first-order valence-electron chi connectivity index (χ1n) is 6.41. The number of anilines is 1. The summed E-state index contributed by atoms with van der Waals surface area (Å²) < 4.78 is 0. The van der Waals surface area contributed by atoms with Crippen LogP contribution in [-0.4, -0.2) is 22.4 Å². The Labute approximate surface area is 115 Å². The number of H-pyrrole nitrogens is 1. The number of nitrogens with zero attached hydrogens (tertiary/aromatic N) is 1. The number of fused-ring (bicyclic) bond motifs is 1. The predicted molar refractivity (Wildman–Crippen MR) is 74.7 cm³/mol. The summed E-state index contributed by atoms with van der Waals surface area (Å²) in [5, 5.41) is 6.07. The van der Waals surface area contributed by atoms with E-state index in [9.17, 15) is 9.59 Å². The van der Waals surface area contributed by atoms with Gasteiger partial charge in [0.2, 0.25) is 0 Å². The lowest BCUT2D eigenvalue weighted by Gasteiger charge is -2.18. The number of carbonyl (C=O) groups excluding carboxylic acids is 1. The van der Waals surface area contributed by atoms with E-state index in [2.05, 4.69) is 20.6 Å². The van der Waals surface area contributed by atoms with Gasteiger partial charge < -0.3 is 15.6 Å². The number of nitrogens with one attached hydrogen (secondary N) is 3. The van der Waals surface area contributed by atoms with Crippen molar-refractivity contribution in [3.63, 3.8) is 0 Å². The van der Waals surface area contributed by atoms with Gasteiger partial charge in [0.25, 0.3) is 11.5 Å². The van der Waals surface area contributed by atoms with E-state index in [4.69, 9.17) is 0 Å². The molecule has 0 radical (unpaired) electrons. The molecule has 1 amide bonds. The van der Waals surface area contributed by atoms with Gasteiger partial charge in [0, 0.05) is 18.4 Å². The minimum absolute atomic E-state index is 0.181. The number of aromatic nitrogens is 2. The van der Waals surface area contributed by atoms with E-state index in [0.29, 0.717) is 0 Å². The molecule has 1 aromatic heterocycles. The van der Waals surface area contributed by atoms with Gasteiger partial charge in [-0.05, 0) is 36.2 Å². The Bertz CT molecular complexity index is 688. The molecular formula is C14H14N4O2. The maximum absolute atomic E-state index is 12.0. The highest BCUT2D eigenvalue weighted by atomic mass is 16.2. The van der Waals surface area contributed by atoms with Crippen LogP contribution < -0.4 is 16.2 Å². The summed E-state index contributed by atoms with van der Waals surface area (Å²) in [6, 6.07) is 5.88. The second-order valence-electron chi connectivity index (χ2n) is 4.66. The zero-order valence-corrected chi connectivity index (χ0v) is 10.8. The topological polar surface area (TPSA) is 86.9 Å². The van der Waals surface area contributed by atoms with Crippen molar-refractivity contribution in [2.24, 2.45) is 0 Å². The van der Waals surface area contributed by atoms with Gasteiger partial charge in [-0.15, -0.1) is 0 Å². The Hall–Kier alpha value is -2.47. The largest absolute Gasteiger partial charge is 0.325 e. The van der Waals surface area contributed by atoms with E-state index in [1.54, 1.807) is 0 Å². The second-order valence-corrected chi connectivity index (χ2v) is 4.66. The van der Waals surface area contributed by atoms with Crippen LogP contribution in [0.5, 0.6) is 0 Å². The van der Waals surface area contributed by atoms with Crippen LogP contribution in [0.4, 0.5) is 5.69 Å². The maximum Gasteiger partial charge on any atom is 0.275 e. The van der Waals surface area contributed by atoms with E-state index in [1.165, 1.54) is 17.3 Å². The van der Waals surface area contributed by atoms with Crippen LogP contribution in [0, 0.1) is 0 Å². The minimum Gasteiger partial charge on any atom is -0.325 e. The number of carbonyl (C=O) groups is 1. The van der Waals surface area contributed by atoms with Crippen molar-refractivity contribution in [1.82, 2.24) is 15.3 Å². The fourth-order valence-corrected chi connectivity index (χ4v) is 2.22. The van der Waals surface area contributed by atoms with Gasteiger partial charge in [-0.1, -0.05) is 6.07 Å². The molecule has 102 valence electrons. The van der Waals surface area contributed by atoms with E-state index < -0.39 is 0 Å². The molecule has 0 bridgehead atoms. The van der Waals surface area contributed by atoms with Gasteiger partial charge in [0.05, 0.1) is 6.20 Å². The SMILES string of the molecule is O=C(Nc1ccc2c(c1)CNCC2)c1c[nH]c(=O)cn1. The molecule has 0 atom stereocenters. The Kier molecular flexibility index (Phi) is 3.30. The van der Waals surface area contributed by atoms with Crippen molar-refractivity contribution in [2.75, 3.05) is 11.9 Å². The molecular weight excluding hydrogens is 256 g/mol. The summed E-state index contributed by atoms with van der Waals surface area (Å²) >= 11 is 0. The number of hydrogen-bond acceptors (Lipinski definition) is 4. The van der Waals surface area contributed by atoms with Crippen molar-refractivity contribution < 1.29 is 4.79 Å². The van der Waals surface area contributed by atoms with Crippen LogP contribution >= 0.6 is 0 Å². The fourth-order valence-electron chi connectivity index (χ4n) is 2.22. The van der Waals surface area contributed by atoms with Crippen LogP contribution in [0.1, 0.15) is 21.6 Å². The molecule has 2 aromatic rings. The molecule has 20 heavy (non-hydrogen) atoms. The van der Waals surface area contributed by atoms with E-state index in [0.717, 1.165) is 31.4 Å². The monoisotopic (exact) mass is 270 g/mol. The summed E-state index contributed by atoms with van der Waals surface area (Å²) in [4.78, 5) is 29.1. The average molecular weight is 270 g/mol. The normalized spacial score (nSPS) is 13.6. The molecule has 0 unspecified atom stereocenters. The summed E-state index contributed by atoms with van der Waals surface area (Å²) in [6.07, 6.45) is 3.40. The number of benzene rings is 1. The van der Waals surface area contributed by atoms with Gasteiger partial charge in [-0.25, -0.2) is 4.98 Å². The van der Waals surface area contributed by atoms with Crippen molar-refractivity contribution in [1.29, 1.82) is 0 Å². The van der Waals surface area contributed by atoms with Crippen LogP contribution in [0.3, 0.4) is 0 Å². The molecule has 0 spiro atoms. The minimum atomic E-state index is -0.343. The number of rotatable bonds is 2. The zero-order chi connectivity index (χ0) is 13.9. The fraction of sp³-hybridized carbons (Fsp3) is 0.214. The first kappa shape index (κ1) is 12.6.